The number of hydrogen-bond acceptors (Lipinski definition) is 0. The predicted molar refractivity (Wildman–Crippen MR) is 188 cm³/mol. The van der Waals surface area contributed by atoms with Crippen molar-refractivity contribution in [1.82, 2.24) is 0 Å². The third kappa shape index (κ3) is 5.36. The minimum atomic E-state index is -3.78. The van der Waals surface area contributed by atoms with E-state index >= 15 is 13.2 Å². The van der Waals surface area contributed by atoms with Crippen molar-refractivity contribution in [2.45, 2.75) is 0 Å². The average Bonchev–Trinajstić information content (AvgIpc) is 3.01. The van der Waals surface area contributed by atoms with Crippen LogP contribution < -0.4 is 31.8 Å². The Kier molecular flexibility index (Phi) is 8.89. The van der Waals surface area contributed by atoms with Crippen molar-refractivity contribution in [3.05, 3.63) is 178 Å². The monoisotopic (exact) mass is 682 g/mol. The van der Waals surface area contributed by atoms with Crippen molar-refractivity contribution in [2.24, 2.45) is 0 Å². The first-order chi connectivity index (χ1) is 21.2. The molecule has 0 unspecified atom stereocenters. The maximum atomic E-state index is 15.5. The third-order valence-electron chi connectivity index (χ3n) is 8.17. The van der Waals surface area contributed by atoms with E-state index in [1.807, 2.05) is 91.0 Å². The average molecular weight is 684 g/mol. The van der Waals surface area contributed by atoms with Gasteiger partial charge in [-0.25, -0.2) is 0 Å². The van der Waals surface area contributed by atoms with Gasteiger partial charge in [-0.1, -0.05) is 0 Å². The molecule has 0 N–H and O–H groups in total. The van der Waals surface area contributed by atoms with Crippen molar-refractivity contribution >= 4 is 80.5 Å². The van der Waals surface area contributed by atoms with Gasteiger partial charge in [0, 0.05) is 0 Å². The van der Waals surface area contributed by atoms with E-state index in [1.54, 1.807) is 18.2 Å². The Balaban J connectivity index is 1.97. The molecule has 0 spiro atoms. The fourth-order valence-electron chi connectivity index (χ4n) is 6.56. The van der Waals surface area contributed by atoms with E-state index in [0.29, 0.717) is 31.0 Å². The zero-order valence-electron chi connectivity index (χ0n) is 23.1. The van der Waals surface area contributed by atoms with E-state index in [1.165, 1.54) is 36.4 Å². The summed E-state index contributed by atoms with van der Waals surface area (Å²) in [4.78, 5) is 0. The number of rotatable bonds is 7. The van der Waals surface area contributed by atoms with Gasteiger partial charge in [0.2, 0.25) is 0 Å². The predicted octanol–water partition coefficient (Wildman–Crippen LogP) is 8.73. The normalized spacial score (nSPS) is 12.6. The molecule has 0 saturated carbocycles. The molecule has 6 aromatic rings. The van der Waals surface area contributed by atoms with Gasteiger partial charge in [-0.15, -0.1) is 0 Å². The molecule has 0 amide bonds. The fraction of sp³-hybridized carbons (Fsp3) is 0. The molecule has 0 bridgehead atoms. The van der Waals surface area contributed by atoms with Crippen molar-refractivity contribution < 1.29 is 13.2 Å². The van der Waals surface area contributed by atoms with Crippen LogP contribution in [0.1, 0.15) is 0 Å². The van der Waals surface area contributed by atoms with Crippen LogP contribution in [0, 0.1) is 17.5 Å². The van der Waals surface area contributed by atoms with Gasteiger partial charge in [0.05, 0.1) is 0 Å². The van der Waals surface area contributed by atoms with Crippen molar-refractivity contribution in [3.8, 4) is 0 Å². The van der Waals surface area contributed by atoms with Gasteiger partial charge in [0.15, 0.2) is 0 Å². The van der Waals surface area contributed by atoms with E-state index in [0.717, 1.165) is 15.9 Å². The molecular formula is C36H26Cl3F3P2. The molecule has 6 rings (SSSR count). The molecule has 0 aliphatic rings. The standard InChI is InChI=1S/C36H26Cl3F3P2/c37-25-10-16-31(17-11-25)43(32-18-12-26(38)13-19-32,33-20-14-27(39)15-21-33)44(34-7-1-4-28(40)22-34,35-8-2-5-29(41)23-35)36-9-3-6-30(42)24-36/h1-24,43-44H. The number of benzene rings is 6. The van der Waals surface area contributed by atoms with Crippen LogP contribution in [-0.4, -0.2) is 0 Å². The van der Waals surface area contributed by atoms with Crippen LogP contribution in [0.25, 0.3) is 0 Å². The molecule has 6 aromatic carbocycles. The Morgan fingerprint density at radius 2 is 0.568 bits per heavy atom. The summed E-state index contributed by atoms with van der Waals surface area (Å²) < 4.78 is 46.4. The topological polar surface area (TPSA) is 0 Å². The van der Waals surface area contributed by atoms with Crippen LogP contribution in [0.4, 0.5) is 13.2 Å². The van der Waals surface area contributed by atoms with Gasteiger partial charge in [0.25, 0.3) is 0 Å². The summed E-state index contributed by atoms with van der Waals surface area (Å²) in [5, 5.41) is 6.40. The Morgan fingerprint density at radius 3 is 0.818 bits per heavy atom. The summed E-state index contributed by atoms with van der Waals surface area (Å²) in [6.45, 7) is -7.38. The Morgan fingerprint density at radius 1 is 0.318 bits per heavy atom. The van der Waals surface area contributed by atoms with Crippen LogP contribution >= 0.6 is 48.7 Å². The van der Waals surface area contributed by atoms with Crippen molar-refractivity contribution in [2.75, 3.05) is 0 Å². The Hall–Kier alpha value is -3.16. The van der Waals surface area contributed by atoms with E-state index in [9.17, 15) is 0 Å². The van der Waals surface area contributed by atoms with Crippen LogP contribution in [0.15, 0.2) is 146 Å². The molecule has 0 atom stereocenters. The second kappa shape index (κ2) is 12.7. The molecule has 0 heterocycles. The van der Waals surface area contributed by atoms with Gasteiger partial charge >= 0.3 is 272 Å². The number of hydrogen-bond donors (Lipinski definition) is 0. The van der Waals surface area contributed by atoms with E-state index in [2.05, 4.69) is 0 Å². The van der Waals surface area contributed by atoms with Gasteiger partial charge in [-0.05, 0) is 0 Å². The Labute approximate surface area is 270 Å². The molecule has 8 heteroatoms. The molecule has 0 fully saturated rings. The van der Waals surface area contributed by atoms with Crippen molar-refractivity contribution in [3.63, 3.8) is 0 Å². The van der Waals surface area contributed by atoms with Crippen LogP contribution in [-0.2, 0) is 0 Å². The third-order valence-corrected chi connectivity index (χ3v) is 25.7. The Bertz CT molecular complexity index is 1710. The molecular weight excluding hydrogens is 658 g/mol. The summed E-state index contributed by atoms with van der Waals surface area (Å²) in [6.07, 6.45) is 0. The molecule has 0 aromatic heterocycles. The fourth-order valence-corrected chi connectivity index (χ4v) is 26.3. The first kappa shape index (κ1) is 30.8. The molecule has 222 valence electrons. The first-order valence-corrected chi connectivity index (χ1v) is 19.9. The maximum absolute atomic E-state index is 15.5. The summed E-state index contributed by atoms with van der Waals surface area (Å²) in [5.41, 5.74) is 0. The molecule has 0 saturated heterocycles. The summed E-state index contributed by atoms with van der Waals surface area (Å²) in [5.74, 6) is -1.34. The summed E-state index contributed by atoms with van der Waals surface area (Å²) in [7, 11) is 0. The van der Waals surface area contributed by atoms with E-state index in [4.69, 9.17) is 34.8 Å². The SMILES string of the molecule is Fc1cccc([PH](c2cccc(F)c2)(c2cccc(F)c2)[PH](c2ccc(Cl)cc2)(c2ccc(Cl)cc2)c2ccc(Cl)cc2)c1. The molecule has 0 aliphatic heterocycles. The van der Waals surface area contributed by atoms with Crippen LogP contribution in [0.3, 0.4) is 0 Å². The van der Waals surface area contributed by atoms with Crippen LogP contribution in [0.5, 0.6) is 0 Å². The molecule has 0 aliphatic carbocycles. The second-order valence-corrected chi connectivity index (χ2v) is 22.8. The quantitative estimate of drug-likeness (QED) is 0.148. The summed E-state index contributed by atoms with van der Waals surface area (Å²) >= 11 is 19.4. The zero-order chi connectivity index (χ0) is 30.9. The second-order valence-electron chi connectivity index (χ2n) is 10.6. The van der Waals surface area contributed by atoms with Gasteiger partial charge in [-0.2, -0.15) is 0 Å². The van der Waals surface area contributed by atoms with Gasteiger partial charge in [0.1, 0.15) is 0 Å². The van der Waals surface area contributed by atoms with Gasteiger partial charge in [-0.3, -0.25) is 0 Å². The minimum absolute atomic E-state index is 0.446. The van der Waals surface area contributed by atoms with E-state index in [-0.39, 0.29) is 0 Å². The molecule has 0 radical (unpaired) electrons. The van der Waals surface area contributed by atoms with Crippen molar-refractivity contribution in [1.29, 1.82) is 0 Å². The zero-order valence-corrected chi connectivity index (χ0v) is 27.4. The van der Waals surface area contributed by atoms with Gasteiger partial charge < -0.3 is 0 Å². The molecule has 0 nitrogen and oxygen atoms in total. The number of halogens is 6. The molecule has 44 heavy (non-hydrogen) atoms. The van der Waals surface area contributed by atoms with E-state index < -0.39 is 31.4 Å². The first-order valence-electron chi connectivity index (χ1n) is 13.8. The van der Waals surface area contributed by atoms with Crippen LogP contribution in [0.2, 0.25) is 15.1 Å². The summed E-state index contributed by atoms with van der Waals surface area (Å²) in [6, 6.07) is 42.2.